The molecule has 0 radical (unpaired) electrons. The first kappa shape index (κ1) is 19.4. The maximum atomic E-state index is 6.74. The van der Waals surface area contributed by atoms with Crippen LogP contribution in [0, 0.1) is 0 Å². The van der Waals surface area contributed by atoms with Gasteiger partial charge in [-0.05, 0) is 50.2 Å². The number of hydrogen-bond donors (Lipinski definition) is 0. The molecule has 1 fully saturated rings. The predicted molar refractivity (Wildman–Crippen MR) is 122 cm³/mol. The molecule has 1 unspecified atom stereocenters. The van der Waals surface area contributed by atoms with Crippen molar-refractivity contribution in [1.82, 2.24) is 9.91 Å². The number of fused-ring (bicyclic) bond motifs is 5. The van der Waals surface area contributed by atoms with Crippen LogP contribution in [-0.2, 0) is 0 Å². The summed E-state index contributed by atoms with van der Waals surface area (Å²) in [5.41, 5.74) is 2.97. The first-order valence-electron chi connectivity index (χ1n) is 11.0. The minimum atomic E-state index is -0.394. The van der Waals surface area contributed by atoms with E-state index in [1.165, 1.54) is 5.56 Å². The van der Waals surface area contributed by atoms with Crippen LogP contribution in [0.5, 0.6) is 17.2 Å². The Balaban J connectivity index is 1.39. The van der Waals surface area contributed by atoms with E-state index >= 15 is 0 Å². The van der Waals surface area contributed by atoms with E-state index in [-0.39, 0.29) is 12.8 Å². The molecule has 0 aromatic heterocycles. The number of piperidine rings is 1. The summed E-state index contributed by atoms with van der Waals surface area (Å²) in [5, 5.41) is 7.44. The lowest BCUT2D eigenvalue weighted by Crippen LogP contribution is -2.59. The second-order valence-corrected chi connectivity index (χ2v) is 9.96. The van der Waals surface area contributed by atoms with Gasteiger partial charge in [-0.15, -0.1) is 0 Å². The molecular weight excluding hydrogens is 458 g/mol. The van der Waals surface area contributed by atoms with Crippen LogP contribution >= 0.6 is 15.9 Å². The van der Waals surface area contributed by atoms with Gasteiger partial charge in [0.1, 0.15) is 5.75 Å². The van der Waals surface area contributed by atoms with E-state index in [4.69, 9.17) is 19.3 Å². The van der Waals surface area contributed by atoms with Crippen LogP contribution in [0.1, 0.15) is 50.3 Å². The SMILES string of the molecule is CC(C)N1CCC2(CC1)Oc1ccc(Br)cc1C1CC(c3ccc4c(c3)OCO4)=NN12. The fourth-order valence-corrected chi connectivity index (χ4v) is 5.60. The third kappa shape index (κ3) is 3.12. The highest BCUT2D eigenvalue weighted by Gasteiger charge is 2.52. The lowest BCUT2D eigenvalue weighted by atomic mass is 9.90. The van der Waals surface area contributed by atoms with Crippen molar-refractivity contribution in [3.63, 3.8) is 0 Å². The van der Waals surface area contributed by atoms with Gasteiger partial charge in [0.05, 0.1) is 11.8 Å². The summed E-state index contributed by atoms with van der Waals surface area (Å²) in [7, 11) is 0. The summed E-state index contributed by atoms with van der Waals surface area (Å²) in [5.74, 6) is 2.59. The molecule has 2 aromatic carbocycles. The maximum Gasteiger partial charge on any atom is 0.231 e. The number of halogens is 1. The van der Waals surface area contributed by atoms with Gasteiger partial charge in [-0.25, -0.2) is 5.01 Å². The number of nitrogens with zero attached hydrogens (tertiary/aromatic N) is 3. The van der Waals surface area contributed by atoms with Crippen molar-refractivity contribution < 1.29 is 14.2 Å². The average Bonchev–Trinajstić information content (AvgIpc) is 3.42. The van der Waals surface area contributed by atoms with Gasteiger partial charge >= 0.3 is 0 Å². The molecule has 6 rings (SSSR count). The number of ether oxygens (including phenoxy) is 3. The van der Waals surface area contributed by atoms with Gasteiger partial charge in [0, 0.05) is 54.0 Å². The molecule has 1 saturated heterocycles. The molecule has 162 valence electrons. The molecule has 7 heteroatoms. The number of likely N-dealkylation sites (tertiary alicyclic amines) is 1. The van der Waals surface area contributed by atoms with Gasteiger partial charge < -0.3 is 19.1 Å². The highest BCUT2D eigenvalue weighted by atomic mass is 79.9. The van der Waals surface area contributed by atoms with Crippen LogP contribution in [0.2, 0.25) is 0 Å². The first-order valence-corrected chi connectivity index (χ1v) is 11.8. The van der Waals surface area contributed by atoms with Crippen molar-refractivity contribution in [2.75, 3.05) is 19.9 Å². The van der Waals surface area contributed by atoms with Crippen molar-refractivity contribution in [2.45, 2.75) is 50.9 Å². The smallest absolute Gasteiger partial charge is 0.231 e. The molecule has 4 aliphatic rings. The molecule has 1 atom stereocenters. The van der Waals surface area contributed by atoms with Crippen molar-refractivity contribution >= 4 is 21.6 Å². The minimum absolute atomic E-state index is 0.173. The number of benzene rings is 2. The first-order chi connectivity index (χ1) is 15.0. The topological polar surface area (TPSA) is 46.5 Å². The quantitative estimate of drug-likeness (QED) is 0.606. The molecule has 6 nitrogen and oxygen atoms in total. The Morgan fingerprint density at radius 2 is 1.81 bits per heavy atom. The zero-order chi connectivity index (χ0) is 21.2. The summed E-state index contributed by atoms with van der Waals surface area (Å²) in [6.45, 7) is 6.84. The van der Waals surface area contributed by atoms with Crippen molar-refractivity contribution in [2.24, 2.45) is 5.10 Å². The highest BCUT2D eigenvalue weighted by molar-refractivity contribution is 9.10. The lowest BCUT2D eigenvalue weighted by Gasteiger charge is -2.51. The zero-order valence-corrected chi connectivity index (χ0v) is 19.4. The minimum Gasteiger partial charge on any atom is -0.466 e. The van der Waals surface area contributed by atoms with Crippen LogP contribution in [0.25, 0.3) is 0 Å². The van der Waals surface area contributed by atoms with Crippen molar-refractivity contribution in [3.8, 4) is 17.2 Å². The standard InChI is InChI=1S/C24H26BrN3O3/c1-15(2)27-9-7-24(8-10-27)28-20(18-12-17(25)4-6-21(18)31-24)13-19(26-28)16-3-5-22-23(11-16)30-14-29-22/h3-6,11-12,15,20H,7-10,13-14H2,1-2H3. The van der Waals surface area contributed by atoms with Gasteiger partial charge in [0.2, 0.25) is 12.5 Å². The maximum absolute atomic E-state index is 6.74. The molecule has 4 aliphatic heterocycles. The number of rotatable bonds is 2. The van der Waals surface area contributed by atoms with E-state index in [0.717, 1.165) is 65.3 Å². The zero-order valence-electron chi connectivity index (χ0n) is 17.8. The van der Waals surface area contributed by atoms with Gasteiger partial charge in [-0.1, -0.05) is 15.9 Å². The predicted octanol–water partition coefficient (Wildman–Crippen LogP) is 4.92. The Hall–Kier alpha value is -2.25. The van der Waals surface area contributed by atoms with Crippen LogP contribution < -0.4 is 14.2 Å². The molecule has 4 heterocycles. The summed E-state index contributed by atoms with van der Waals surface area (Å²) in [4.78, 5) is 2.53. The molecule has 0 amide bonds. The Kier molecular flexibility index (Phi) is 4.47. The van der Waals surface area contributed by atoms with Gasteiger partial charge in [-0.2, -0.15) is 5.10 Å². The summed E-state index contributed by atoms with van der Waals surface area (Å²) in [6.07, 6.45) is 2.73. The molecule has 0 N–H and O–H groups in total. The van der Waals surface area contributed by atoms with E-state index in [2.05, 4.69) is 70.0 Å². The Labute approximate surface area is 190 Å². The Morgan fingerprint density at radius 1 is 1.03 bits per heavy atom. The monoisotopic (exact) mass is 483 g/mol. The molecule has 2 aromatic rings. The molecular formula is C24H26BrN3O3. The van der Waals surface area contributed by atoms with Crippen LogP contribution in [0.15, 0.2) is 46.0 Å². The summed E-state index contributed by atoms with van der Waals surface area (Å²) < 4.78 is 18.9. The fourth-order valence-electron chi connectivity index (χ4n) is 5.22. The van der Waals surface area contributed by atoms with Gasteiger partial charge in [-0.3, -0.25) is 0 Å². The van der Waals surface area contributed by atoms with Crippen LogP contribution in [-0.4, -0.2) is 47.3 Å². The van der Waals surface area contributed by atoms with E-state index in [9.17, 15) is 0 Å². The lowest BCUT2D eigenvalue weighted by molar-refractivity contribution is -0.152. The van der Waals surface area contributed by atoms with Crippen LogP contribution in [0.3, 0.4) is 0 Å². The summed E-state index contributed by atoms with van der Waals surface area (Å²) in [6, 6.07) is 13.2. The molecule has 0 bridgehead atoms. The van der Waals surface area contributed by atoms with E-state index in [1.54, 1.807) is 0 Å². The second-order valence-electron chi connectivity index (χ2n) is 9.04. The third-order valence-electron chi connectivity index (χ3n) is 6.97. The van der Waals surface area contributed by atoms with E-state index < -0.39 is 5.72 Å². The second kappa shape index (κ2) is 7.14. The molecule has 31 heavy (non-hydrogen) atoms. The van der Waals surface area contributed by atoms with Gasteiger partial charge in [0.15, 0.2) is 11.5 Å². The van der Waals surface area contributed by atoms with E-state index in [1.807, 2.05) is 6.07 Å². The fraction of sp³-hybridized carbons (Fsp3) is 0.458. The Bertz CT molecular complexity index is 1060. The molecule has 1 spiro atoms. The highest BCUT2D eigenvalue weighted by Crippen LogP contribution is 2.51. The molecule has 0 saturated carbocycles. The third-order valence-corrected chi connectivity index (χ3v) is 7.47. The number of hydrogen-bond acceptors (Lipinski definition) is 6. The largest absolute Gasteiger partial charge is 0.466 e. The van der Waals surface area contributed by atoms with Crippen molar-refractivity contribution in [3.05, 3.63) is 52.0 Å². The number of hydrazone groups is 1. The van der Waals surface area contributed by atoms with Crippen molar-refractivity contribution in [1.29, 1.82) is 0 Å². The summed E-state index contributed by atoms with van der Waals surface area (Å²) >= 11 is 3.64. The van der Waals surface area contributed by atoms with Crippen LogP contribution in [0.4, 0.5) is 0 Å². The van der Waals surface area contributed by atoms with Gasteiger partial charge in [0.25, 0.3) is 0 Å². The normalized spacial score (nSPS) is 23.5. The van der Waals surface area contributed by atoms with E-state index in [0.29, 0.717) is 6.04 Å². The molecule has 0 aliphatic carbocycles. The average molecular weight is 484 g/mol. The Morgan fingerprint density at radius 3 is 2.61 bits per heavy atom.